The molecule has 0 spiro atoms. The zero-order valence-electron chi connectivity index (χ0n) is 13.4. The molecule has 1 N–H and O–H groups in total. The molecule has 1 aromatic carbocycles. The van der Waals surface area contributed by atoms with E-state index in [0.29, 0.717) is 18.0 Å². The summed E-state index contributed by atoms with van der Waals surface area (Å²) in [5.74, 6) is 1.55. The van der Waals surface area contributed by atoms with Crippen LogP contribution in [0.3, 0.4) is 0 Å². The van der Waals surface area contributed by atoms with Gasteiger partial charge in [-0.25, -0.2) is 0 Å². The number of likely N-dealkylation sites (tertiary alicyclic amines) is 1. The number of carbonyl (C=O) groups is 1. The van der Waals surface area contributed by atoms with E-state index in [-0.39, 0.29) is 12.0 Å². The minimum atomic E-state index is 0.00574. The van der Waals surface area contributed by atoms with Crippen molar-refractivity contribution in [2.75, 3.05) is 32.1 Å². The van der Waals surface area contributed by atoms with Gasteiger partial charge in [0, 0.05) is 18.1 Å². The van der Waals surface area contributed by atoms with Gasteiger partial charge < -0.3 is 14.8 Å². The normalized spacial score (nSPS) is 21.1. The Morgan fingerprint density at radius 1 is 1.36 bits per heavy atom. The van der Waals surface area contributed by atoms with Crippen molar-refractivity contribution in [3.8, 4) is 11.5 Å². The third-order valence-electron chi connectivity index (χ3n) is 4.31. The number of piperidine rings is 1. The largest absolute Gasteiger partial charge is 0.495 e. The highest BCUT2D eigenvalue weighted by Gasteiger charge is 2.23. The zero-order chi connectivity index (χ0) is 15.5. The molecule has 1 fully saturated rings. The van der Waals surface area contributed by atoms with Gasteiger partial charge in [0.25, 0.3) is 0 Å². The molecule has 5 nitrogen and oxygen atoms in total. The van der Waals surface area contributed by atoms with Gasteiger partial charge in [-0.2, -0.15) is 0 Å². The number of nitrogens with one attached hydrogen (secondary N) is 1. The number of rotatable bonds is 4. The maximum atomic E-state index is 12.3. The van der Waals surface area contributed by atoms with Crippen LogP contribution in [-0.2, 0) is 11.2 Å². The van der Waals surface area contributed by atoms with Crippen LogP contribution in [0.2, 0.25) is 0 Å². The summed E-state index contributed by atoms with van der Waals surface area (Å²) in [5, 5.41) is 2.97. The second-order valence-electron chi connectivity index (χ2n) is 6.18. The molecule has 0 aliphatic carbocycles. The van der Waals surface area contributed by atoms with Crippen molar-refractivity contribution in [3.63, 3.8) is 0 Å². The first-order valence-corrected chi connectivity index (χ1v) is 8.05. The van der Waals surface area contributed by atoms with Crippen LogP contribution < -0.4 is 14.8 Å². The second kappa shape index (κ2) is 6.57. The Kier molecular flexibility index (Phi) is 4.52. The molecule has 3 rings (SSSR count). The van der Waals surface area contributed by atoms with Crippen LogP contribution >= 0.6 is 0 Å². The lowest BCUT2D eigenvalue weighted by Crippen LogP contribution is -2.36. The quantitative estimate of drug-likeness (QED) is 0.928. The molecule has 2 aliphatic heterocycles. The average Bonchev–Trinajstić information content (AvgIpc) is 2.86. The number of anilines is 1. The Morgan fingerprint density at radius 2 is 2.14 bits per heavy atom. The molecule has 120 valence electrons. The maximum Gasteiger partial charge on any atom is 0.238 e. The topological polar surface area (TPSA) is 50.8 Å². The van der Waals surface area contributed by atoms with Gasteiger partial charge >= 0.3 is 0 Å². The van der Waals surface area contributed by atoms with Crippen molar-refractivity contribution < 1.29 is 14.3 Å². The Morgan fingerprint density at radius 3 is 2.86 bits per heavy atom. The predicted octanol–water partition coefficient (Wildman–Crippen LogP) is 2.44. The minimum Gasteiger partial charge on any atom is -0.495 e. The molecule has 22 heavy (non-hydrogen) atoms. The van der Waals surface area contributed by atoms with E-state index in [1.165, 1.54) is 19.3 Å². The Balaban J connectivity index is 1.68. The molecule has 0 unspecified atom stereocenters. The van der Waals surface area contributed by atoms with Gasteiger partial charge in [-0.05, 0) is 38.9 Å². The van der Waals surface area contributed by atoms with E-state index >= 15 is 0 Å². The van der Waals surface area contributed by atoms with E-state index in [1.807, 2.05) is 19.1 Å². The van der Waals surface area contributed by atoms with E-state index in [4.69, 9.17) is 9.47 Å². The molecule has 0 radical (unpaired) electrons. The van der Waals surface area contributed by atoms with Gasteiger partial charge in [-0.1, -0.05) is 6.42 Å². The molecule has 1 amide bonds. The number of ether oxygens (including phenoxy) is 2. The number of fused-ring (bicyclic) bond motifs is 1. The molecule has 5 heteroatoms. The Bertz CT molecular complexity index is 553. The van der Waals surface area contributed by atoms with Gasteiger partial charge in [0.2, 0.25) is 5.91 Å². The predicted molar refractivity (Wildman–Crippen MR) is 85.7 cm³/mol. The van der Waals surface area contributed by atoms with Crippen molar-refractivity contribution in [1.82, 2.24) is 4.90 Å². The molecule has 1 aromatic rings. The molecule has 0 bridgehead atoms. The maximum absolute atomic E-state index is 12.3. The summed E-state index contributed by atoms with van der Waals surface area (Å²) in [7, 11) is 1.63. The fourth-order valence-corrected chi connectivity index (χ4v) is 3.22. The van der Waals surface area contributed by atoms with Crippen molar-refractivity contribution >= 4 is 11.6 Å². The zero-order valence-corrected chi connectivity index (χ0v) is 13.4. The molecule has 2 aliphatic rings. The van der Waals surface area contributed by atoms with Crippen LogP contribution in [0, 0.1) is 0 Å². The van der Waals surface area contributed by atoms with Crippen LogP contribution in [0.15, 0.2) is 12.1 Å². The van der Waals surface area contributed by atoms with Gasteiger partial charge in [-0.15, -0.1) is 0 Å². The first-order valence-electron chi connectivity index (χ1n) is 8.05. The van der Waals surface area contributed by atoms with Gasteiger partial charge in [0.05, 0.1) is 19.3 Å². The van der Waals surface area contributed by atoms with E-state index in [1.54, 1.807) is 7.11 Å². The highest BCUT2D eigenvalue weighted by atomic mass is 16.5. The Hall–Kier alpha value is -1.75. The smallest absolute Gasteiger partial charge is 0.238 e. The fourth-order valence-electron chi connectivity index (χ4n) is 3.22. The summed E-state index contributed by atoms with van der Waals surface area (Å²) < 4.78 is 11.2. The van der Waals surface area contributed by atoms with Crippen molar-refractivity contribution in [2.24, 2.45) is 0 Å². The summed E-state index contributed by atoms with van der Waals surface area (Å²) in [6.45, 7) is 4.50. The molecular formula is C17H24N2O3. The monoisotopic (exact) mass is 304 g/mol. The van der Waals surface area contributed by atoms with Crippen molar-refractivity contribution in [1.29, 1.82) is 0 Å². The minimum absolute atomic E-state index is 0.00574. The van der Waals surface area contributed by atoms with E-state index < -0.39 is 0 Å². The first-order chi connectivity index (χ1) is 10.7. The number of nitrogens with zero attached hydrogens (tertiary/aromatic N) is 1. The second-order valence-corrected chi connectivity index (χ2v) is 6.18. The van der Waals surface area contributed by atoms with Crippen LogP contribution in [0.4, 0.5) is 5.69 Å². The summed E-state index contributed by atoms with van der Waals surface area (Å²) >= 11 is 0. The number of benzene rings is 1. The van der Waals surface area contributed by atoms with Crippen LogP contribution in [0.25, 0.3) is 0 Å². The van der Waals surface area contributed by atoms with Crippen LogP contribution in [-0.4, -0.2) is 43.7 Å². The number of amides is 1. The molecule has 0 aromatic heterocycles. The summed E-state index contributed by atoms with van der Waals surface area (Å²) in [6, 6.07) is 3.85. The van der Waals surface area contributed by atoms with E-state index in [2.05, 4.69) is 10.2 Å². The first kappa shape index (κ1) is 15.2. The molecule has 1 saturated heterocycles. The van der Waals surface area contributed by atoms with Crippen LogP contribution in [0.5, 0.6) is 11.5 Å². The summed E-state index contributed by atoms with van der Waals surface area (Å²) in [4.78, 5) is 14.5. The van der Waals surface area contributed by atoms with E-state index in [0.717, 1.165) is 30.8 Å². The molecule has 2 heterocycles. The van der Waals surface area contributed by atoms with Gasteiger partial charge in [0.15, 0.2) is 0 Å². The molecular weight excluding hydrogens is 280 g/mol. The van der Waals surface area contributed by atoms with Crippen molar-refractivity contribution in [2.45, 2.75) is 38.7 Å². The summed E-state index contributed by atoms with van der Waals surface area (Å²) in [5.41, 5.74) is 1.83. The lowest BCUT2D eigenvalue weighted by atomic mass is 10.1. The standard InChI is InChI=1S/C17H24N2O3/c1-12-8-13-9-16(21-2)14(10-15(13)22-12)18-17(20)11-19-6-4-3-5-7-19/h9-10,12H,3-8,11H2,1-2H3,(H,18,20)/t12-/m1/s1. The molecule has 0 saturated carbocycles. The number of methoxy groups -OCH3 is 1. The highest BCUT2D eigenvalue weighted by Crippen LogP contribution is 2.37. The Labute approximate surface area is 131 Å². The third-order valence-corrected chi connectivity index (χ3v) is 4.31. The lowest BCUT2D eigenvalue weighted by molar-refractivity contribution is -0.117. The van der Waals surface area contributed by atoms with E-state index in [9.17, 15) is 4.79 Å². The lowest BCUT2D eigenvalue weighted by Gasteiger charge is -2.25. The SMILES string of the molecule is COc1cc2c(cc1NC(=O)CN1CCCCC1)O[C@H](C)C2. The highest BCUT2D eigenvalue weighted by molar-refractivity contribution is 5.94. The van der Waals surface area contributed by atoms with Crippen molar-refractivity contribution in [3.05, 3.63) is 17.7 Å². The fraction of sp³-hybridized carbons (Fsp3) is 0.588. The van der Waals surface area contributed by atoms with Crippen LogP contribution in [0.1, 0.15) is 31.7 Å². The average molecular weight is 304 g/mol. The number of hydrogen-bond donors (Lipinski definition) is 1. The van der Waals surface area contributed by atoms with Gasteiger partial charge in [0.1, 0.15) is 17.6 Å². The third kappa shape index (κ3) is 3.35. The number of carbonyl (C=O) groups excluding carboxylic acids is 1. The van der Waals surface area contributed by atoms with Gasteiger partial charge in [-0.3, -0.25) is 9.69 Å². The molecule has 1 atom stereocenters. The number of hydrogen-bond acceptors (Lipinski definition) is 4. The summed E-state index contributed by atoms with van der Waals surface area (Å²) in [6.07, 6.45) is 4.70.